The van der Waals surface area contributed by atoms with Gasteiger partial charge in [-0.25, -0.2) is 4.79 Å². The van der Waals surface area contributed by atoms with Crippen LogP contribution >= 0.6 is 0 Å². The van der Waals surface area contributed by atoms with Crippen LogP contribution < -0.4 is 10.6 Å². The number of amides is 2. The Balaban J connectivity index is 2.66. The van der Waals surface area contributed by atoms with Crippen molar-refractivity contribution in [2.45, 2.75) is 83.8 Å². The summed E-state index contributed by atoms with van der Waals surface area (Å²) in [4.78, 5) is 23.9. The summed E-state index contributed by atoms with van der Waals surface area (Å²) in [7, 11) is -1.92. The minimum Gasteiger partial charge on any atom is -0.444 e. The molecule has 2 atom stereocenters. The van der Waals surface area contributed by atoms with E-state index >= 15 is 0 Å². The molecular formula is C16H32N2O4Si. The van der Waals surface area contributed by atoms with Gasteiger partial charge >= 0.3 is 6.09 Å². The second kappa shape index (κ2) is 6.81. The molecule has 2 unspecified atom stereocenters. The maximum atomic E-state index is 12.0. The topological polar surface area (TPSA) is 76.7 Å². The SMILES string of the molecule is CC(C)(C)OC(=O)NC1CC(O[Si](C)(C)C(C)(C)C)CNC1=O. The quantitative estimate of drug-likeness (QED) is 0.772. The van der Waals surface area contributed by atoms with E-state index in [0.29, 0.717) is 13.0 Å². The molecule has 1 saturated heterocycles. The molecule has 0 aromatic heterocycles. The smallest absolute Gasteiger partial charge is 0.408 e. The summed E-state index contributed by atoms with van der Waals surface area (Å²) >= 11 is 0. The van der Waals surface area contributed by atoms with Crippen LogP contribution in [0.15, 0.2) is 0 Å². The van der Waals surface area contributed by atoms with E-state index in [1.165, 1.54) is 0 Å². The Kier molecular flexibility index (Phi) is 5.91. The van der Waals surface area contributed by atoms with Crippen LogP contribution in [0.1, 0.15) is 48.0 Å². The standard InChI is InChI=1S/C16H32N2O4Si/c1-15(2,3)21-14(20)18-12-9-11(10-17-13(12)19)22-23(7,8)16(4,5)6/h11-12H,9-10H2,1-8H3,(H,17,19)(H,18,20). The van der Waals surface area contributed by atoms with Crippen LogP contribution in [0.3, 0.4) is 0 Å². The van der Waals surface area contributed by atoms with E-state index in [9.17, 15) is 9.59 Å². The van der Waals surface area contributed by atoms with Gasteiger partial charge in [0.05, 0.1) is 6.10 Å². The Morgan fingerprint density at radius 2 is 1.78 bits per heavy atom. The zero-order valence-corrected chi connectivity index (χ0v) is 16.7. The van der Waals surface area contributed by atoms with E-state index in [0.717, 1.165) is 0 Å². The summed E-state index contributed by atoms with van der Waals surface area (Å²) in [5.41, 5.74) is -0.591. The fourth-order valence-corrected chi connectivity index (χ4v) is 3.41. The predicted molar refractivity (Wildman–Crippen MR) is 92.9 cm³/mol. The Morgan fingerprint density at radius 1 is 1.22 bits per heavy atom. The lowest BCUT2D eigenvalue weighted by Gasteiger charge is -2.41. The molecule has 2 N–H and O–H groups in total. The van der Waals surface area contributed by atoms with Gasteiger partial charge in [0.2, 0.25) is 5.91 Å². The number of rotatable bonds is 3. The van der Waals surface area contributed by atoms with Crippen LogP contribution in [0.4, 0.5) is 4.79 Å². The van der Waals surface area contributed by atoms with Gasteiger partial charge < -0.3 is 19.8 Å². The van der Waals surface area contributed by atoms with Crippen molar-refractivity contribution in [3.63, 3.8) is 0 Å². The average Bonchev–Trinajstić information content (AvgIpc) is 2.29. The third-order valence-corrected chi connectivity index (χ3v) is 8.81. The number of hydrogen-bond donors (Lipinski definition) is 2. The van der Waals surface area contributed by atoms with E-state index in [1.54, 1.807) is 20.8 Å². The average molecular weight is 345 g/mol. The molecule has 0 saturated carbocycles. The highest BCUT2D eigenvalue weighted by Crippen LogP contribution is 2.37. The highest BCUT2D eigenvalue weighted by molar-refractivity contribution is 6.74. The lowest BCUT2D eigenvalue weighted by atomic mass is 10.0. The van der Waals surface area contributed by atoms with E-state index in [4.69, 9.17) is 9.16 Å². The first-order chi connectivity index (χ1) is 10.2. The van der Waals surface area contributed by atoms with Crippen LogP contribution in [0, 0.1) is 0 Å². The van der Waals surface area contributed by atoms with Crippen molar-refractivity contribution in [2.24, 2.45) is 0 Å². The number of carbonyl (C=O) groups excluding carboxylic acids is 2. The van der Waals surface area contributed by atoms with Gasteiger partial charge in [-0.2, -0.15) is 0 Å². The van der Waals surface area contributed by atoms with Gasteiger partial charge in [0.25, 0.3) is 0 Å². The summed E-state index contributed by atoms with van der Waals surface area (Å²) in [6.45, 7) is 16.7. The molecular weight excluding hydrogens is 312 g/mol. The summed E-state index contributed by atoms with van der Waals surface area (Å²) in [5.74, 6) is -0.189. The van der Waals surface area contributed by atoms with Crippen molar-refractivity contribution in [1.29, 1.82) is 0 Å². The summed E-state index contributed by atoms with van der Waals surface area (Å²) in [6, 6.07) is -0.617. The maximum Gasteiger partial charge on any atom is 0.408 e. The number of nitrogens with one attached hydrogen (secondary N) is 2. The third kappa shape index (κ3) is 6.14. The fraction of sp³-hybridized carbons (Fsp3) is 0.875. The number of hydrogen-bond acceptors (Lipinski definition) is 4. The number of ether oxygens (including phenoxy) is 1. The minimum absolute atomic E-state index is 0.0893. The van der Waals surface area contributed by atoms with Crippen molar-refractivity contribution in [3.05, 3.63) is 0 Å². The van der Waals surface area contributed by atoms with E-state index in [-0.39, 0.29) is 17.0 Å². The third-order valence-electron chi connectivity index (χ3n) is 4.28. The highest BCUT2D eigenvalue weighted by atomic mass is 28.4. The van der Waals surface area contributed by atoms with Crippen molar-refractivity contribution >= 4 is 20.3 Å². The Labute approximate surface area is 140 Å². The molecule has 6 nitrogen and oxygen atoms in total. The Bertz CT molecular complexity index is 452. The minimum atomic E-state index is -1.92. The molecule has 0 spiro atoms. The first-order valence-corrected chi connectivity index (χ1v) is 11.1. The van der Waals surface area contributed by atoms with Gasteiger partial charge in [-0.1, -0.05) is 20.8 Å². The normalized spacial score (nSPS) is 23.2. The van der Waals surface area contributed by atoms with Crippen LogP contribution in [-0.2, 0) is 14.0 Å². The van der Waals surface area contributed by atoms with Gasteiger partial charge in [-0.3, -0.25) is 4.79 Å². The zero-order chi connectivity index (χ0) is 18.1. The summed E-state index contributed by atoms with van der Waals surface area (Å²) in [6.07, 6.45) is -0.198. The van der Waals surface area contributed by atoms with Gasteiger partial charge in [0.1, 0.15) is 11.6 Å². The molecule has 1 aliphatic heterocycles. The first-order valence-electron chi connectivity index (χ1n) is 8.16. The highest BCUT2D eigenvalue weighted by Gasteiger charge is 2.41. The first kappa shape index (κ1) is 20.0. The lowest BCUT2D eigenvalue weighted by Crippen LogP contribution is -2.58. The Morgan fingerprint density at radius 3 is 2.26 bits per heavy atom. The van der Waals surface area contributed by atoms with Gasteiger partial charge in [-0.05, 0) is 38.9 Å². The molecule has 0 aliphatic carbocycles. The van der Waals surface area contributed by atoms with Crippen molar-refractivity contribution < 1.29 is 18.8 Å². The van der Waals surface area contributed by atoms with E-state index in [2.05, 4.69) is 44.5 Å². The van der Waals surface area contributed by atoms with Gasteiger partial charge in [-0.15, -0.1) is 0 Å². The second-order valence-corrected chi connectivity index (χ2v) is 13.4. The molecule has 0 bridgehead atoms. The molecule has 2 amide bonds. The second-order valence-electron chi connectivity index (χ2n) is 8.68. The van der Waals surface area contributed by atoms with Crippen LogP contribution in [0.25, 0.3) is 0 Å². The number of carbonyl (C=O) groups is 2. The van der Waals surface area contributed by atoms with Crippen molar-refractivity contribution in [2.75, 3.05) is 6.54 Å². The fourth-order valence-electron chi connectivity index (χ4n) is 2.05. The van der Waals surface area contributed by atoms with E-state index in [1.807, 2.05) is 0 Å². The molecule has 134 valence electrons. The summed E-state index contributed by atoms with van der Waals surface area (Å²) < 4.78 is 11.6. The molecule has 23 heavy (non-hydrogen) atoms. The van der Waals surface area contributed by atoms with Gasteiger partial charge in [0.15, 0.2) is 8.32 Å². The molecule has 1 aliphatic rings. The molecule has 1 fully saturated rings. The molecule has 0 radical (unpaired) electrons. The maximum absolute atomic E-state index is 12.0. The molecule has 7 heteroatoms. The molecule has 0 aromatic carbocycles. The Hall–Kier alpha value is -1.08. The number of piperidine rings is 1. The zero-order valence-electron chi connectivity index (χ0n) is 15.7. The summed E-state index contributed by atoms with van der Waals surface area (Å²) in [5, 5.41) is 5.55. The van der Waals surface area contributed by atoms with Crippen LogP contribution in [-0.4, -0.2) is 44.6 Å². The molecule has 1 heterocycles. The lowest BCUT2D eigenvalue weighted by molar-refractivity contribution is -0.126. The number of alkyl carbamates (subject to hydrolysis) is 1. The van der Waals surface area contributed by atoms with Crippen LogP contribution in [0.5, 0.6) is 0 Å². The van der Waals surface area contributed by atoms with Crippen LogP contribution in [0.2, 0.25) is 18.1 Å². The van der Waals surface area contributed by atoms with Crippen molar-refractivity contribution in [1.82, 2.24) is 10.6 Å². The van der Waals surface area contributed by atoms with E-state index < -0.39 is 26.1 Å². The molecule has 1 rings (SSSR count). The monoisotopic (exact) mass is 344 g/mol. The van der Waals surface area contributed by atoms with Crippen molar-refractivity contribution in [3.8, 4) is 0 Å². The van der Waals surface area contributed by atoms with Gasteiger partial charge in [0, 0.05) is 13.0 Å². The predicted octanol–water partition coefficient (Wildman–Crippen LogP) is 2.79. The molecule has 0 aromatic rings. The largest absolute Gasteiger partial charge is 0.444 e.